The lowest BCUT2D eigenvalue weighted by atomic mass is 9.52. The van der Waals surface area contributed by atoms with Crippen LogP contribution in [-0.2, 0) is 9.16 Å². The maximum absolute atomic E-state index is 7.08. The predicted octanol–water partition coefficient (Wildman–Crippen LogP) is 6.84. The van der Waals surface area contributed by atoms with Crippen LogP contribution < -0.4 is 4.74 Å². The van der Waals surface area contributed by atoms with Crippen molar-refractivity contribution in [3.63, 3.8) is 0 Å². The summed E-state index contributed by atoms with van der Waals surface area (Å²) < 4.78 is 19.1. The van der Waals surface area contributed by atoms with E-state index < -0.39 is 8.32 Å². The van der Waals surface area contributed by atoms with Gasteiger partial charge in [-0.25, -0.2) is 0 Å². The fourth-order valence-corrected chi connectivity index (χ4v) is 8.51. The van der Waals surface area contributed by atoms with Gasteiger partial charge in [-0.1, -0.05) is 33.8 Å². The van der Waals surface area contributed by atoms with Crippen molar-refractivity contribution in [2.75, 3.05) is 7.11 Å². The summed E-state index contributed by atoms with van der Waals surface area (Å²) >= 11 is 0. The smallest absolute Gasteiger partial charge is 0.192 e. The Kier molecular flexibility index (Phi) is 4.46. The molecule has 1 aromatic carbocycles. The average molecular weight is 429 g/mol. The van der Waals surface area contributed by atoms with E-state index in [1.165, 1.54) is 36.8 Å². The lowest BCUT2D eigenvalue weighted by molar-refractivity contribution is -0.0342. The molecule has 0 N–H and O–H groups in total. The molecule has 1 aliphatic heterocycles. The Morgan fingerprint density at radius 1 is 1.07 bits per heavy atom. The number of benzene rings is 1. The van der Waals surface area contributed by atoms with Gasteiger partial charge in [-0.3, -0.25) is 0 Å². The summed E-state index contributed by atoms with van der Waals surface area (Å²) in [5.74, 6) is 2.86. The van der Waals surface area contributed by atoms with Crippen molar-refractivity contribution in [1.29, 1.82) is 0 Å². The van der Waals surface area contributed by atoms with Crippen LogP contribution in [0, 0.1) is 17.3 Å². The van der Waals surface area contributed by atoms with Crippen LogP contribution in [0.4, 0.5) is 0 Å². The number of epoxide rings is 1. The molecule has 2 saturated carbocycles. The SMILES string of the molecule is COc1ccc2c(c1)[C@@H]1O[C@]1(C)[C@@H]1[C@@H]2CC[C@]2(C)[C@@H](O[Si](C)(C)C(C)(C)C)CC[C@@H]12. The Morgan fingerprint density at radius 3 is 2.47 bits per heavy atom. The molecule has 3 fully saturated rings. The van der Waals surface area contributed by atoms with Gasteiger partial charge < -0.3 is 13.9 Å². The molecule has 5 rings (SSSR count). The largest absolute Gasteiger partial charge is 0.497 e. The molecule has 0 unspecified atom stereocenters. The lowest BCUT2D eigenvalue weighted by Gasteiger charge is -2.53. The molecular weight excluding hydrogens is 388 g/mol. The predicted molar refractivity (Wildman–Crippen MR) is 124 cm³/mol. The van der Waals surface area contributed by atoms with Gasteiger partial charge in [0.15, 0.2) is 8.32 Å². The molecular formula is C26H40O3Si. The van der Waals surface area contributed by atoms with Crippen molar-refractivity contribution in [2.24, 2.45) is 17.3 Å². The third-order valence-electron chi connectivity index (χ3n) is 9.90. The summed E-state index contributed by atoms with van der Waals surface area (Å²) in [6.45, 7) is 16.8. The zero-order valence-electron chi connectivity index (χ0n) is 20.2. The summed E-state index contributed by atoms with van der Waals surface area (Å²) in [6.07, 6.45) is 5.67. The molecule has 4 heteroatoms. The number of methoxy groups -OCH3 is 1. The Bertz CT molecular complexity index is 858. The number of ether oxygens (including phenoxy) is 2. The van der Waals surface area contributed by atoms with Crippen molar-refractivity contribution in [1.82, 2.24) is 0 Å². The third kappa shape index (κ3) is 2.75. The van der Waals surface area contributed by atoms with Crippen LogP contribution in [0.2, 0.25) is 18.1 Å². The van der Waals surface area contributed by atoms with Gasteiger partial charge in [-0.05, 0) is 91.2 Å². The van der Waals surface area contributed by atoms with Gasteiger partial charge in [0.05, 0.1) is 13.2 Å². The van der Waals surface area contributed by atoms with Gasteiger partial charge in [0, 0.05) is 5.92 Å². The molecule has 3 nitrogen and oxygen atoms in total. The highest BCUT2D eigenvalue weighted by atomic mass is 28.4. The highest BCUT2D eigenvalue weighted by molar-refractivity contribution is 6.74. The van der Waals surface area contributed by atoms with Crippen LogP contribution >= 0.6 is 0 Å². The Morgan fingerprint density at radius 2 is 1.80 bits per heavy atom. The molecule has 1 aromatic rings. The minimum atomic E-state index is -1.78. The maximum atomic E-state index is 7.08. The molecule has 0 aromatic heterocycles. The molecule has 30 heavy (non-hydrogen) atoms. The van der Waals surface area contributed by atoms with Gasteiger partial charge in [-0.2, -0.15) is 0 Å². The van der Waals surface area contributed by atoms with E-state index >= 15 is 0 Å². The monoisotopic (exact) mass is 428 g/mol. The molecule has 4 aliphatic rings. The van der Waals surface area contributed by atoms with Crippen molar-refractivity contribution in [2.45, 2.75) is 102 Å². The molecule has 0 amide bonds. The highest BCUT2D eigenvalue weighted by Crippen LogP contribution is 2.72. The summed E-state index contributed by atoms with van der Waals surface area (Å²) in [5.41, 5.74) is 3.17. The van der Waals surface area contributed by atoms with Gasteiger partial charge in [0.2, 0.25) is 0 Å². The highest BCUT2D eigenvalue weighted by Gasteiger charge is 2.70. The Hall–Kier alpha value is -0.843. The fraction of sp³-hybridized carbons (Fsp3) is 0.769. The first-order valence-electron chi connectivity index (χ1n) is 12.0. The Labute approximate surface area is 184 Å². The van der Waals surface area contributed by atoms with Gasteiger partial charge in [0.25, 0.3) is 0 Å². The fourth-order valence-electron chi connectivity index (χ4n) is 7.06. The molecule has 0 bridgehead atoms. The second kappa shape index (κ2) is 6.36. The van der Waals surface area contributed by atoms with Gasteiger partial charge in [0.1, 0.15) is 17.5 Å². The zero-order valence-corrected chi connectivity index (χ0v) is 21.2. The van der Waals surface area contributed by atoms with Crippen molar-refractivity contribution >= 4 is 8.32 Å². The van der Waals surface area contributed by atoms with Crippen molar-refractivity contribution in [3.8, 4) is 5.75 Å². The normalized spacial score (nSPS) is 42.1. The number of fused-ring (bicyclic) bond motifs is 8. The lowest BCUT2D eigenvalue weighted by Crippen LogP contribution is -2.52. The van der Waals surface area contributed by atoms with Gasteiger partial charge in [-0.15, -0.1) is 0 Å². The maximum Gasteiger partial charge on any atom is 0.192 e. The van der Waals surface area contributed by atoms with E-state index in [4.69, 9.17) is 13.9 Å². The van der Waals surface area contributed by atoms with E-state index in [1.807, 2.05) is 0 Å². The summed E-state index contributed by atoms with van der Waals surface area (Å²) in [7, 11) is -0.0181. The van der Waals surface area contributed by atoms with Crippen LogP contribution in [-0.4, -0.2) is 27.1 Å². The second-order valence-electron chi connectivity index (χ2n) is 12.4. The first-order chi connectivity index (χ1) is 13.9. The minimum absolute atomic E-state index is 0.0117. The molecule has 1 heterocycles. The third-order valence-corrected chi connectivity index (χ3v) is 14.4. The summed E-state index contributed by atoms with van der Waals surface area (Å²) in [4.78, 5) is 0. The second-order valence-corrected chi connectivity index (χ2v) is 17.2. The average Bonchev–Trinajstić information content (AvgIpc) is 3.27. The Balaban J connectivity index is 1.47. The molecule has 3 aliphatic carbocycles. The standard InChI is InChI=1S/C26H40O3Si/c1-24(2,3)30(7,8)29-21-12-11-20-22-18(13-14-25(20,21)4)17-10-9-16(27-6)15-19(17)23-26(22,5)28-23/h9-10,15,18,20-23H,11-14H2,1-8H3/t18-,20+,21+,22-,23+,25+,26-/m1/s1. The van der Waals surface area contributed by atoms with Gasteiger partial charge >= 0.3 is 0 Å². The van der Waals surface area contributed by atoms with Crippen molar-refractivity contribution < 1.29 is 13.9 Å². The summed E-state index contributed by atoms with van der Waals surface area (Å²) in [6, 6.07) is 6.70. The number of rotatable bonds is 3. The van der Waals surface area contributed by atoms with Crippen LogP contribution in [0.25, 0.3) is 0 Å². The van der Waals surface area contributed by atoms with E-state index in [1.54, 1.807) is 7.11 Å². The number of hydrogen-bond donors (Lipinski definition) is 0. The molecule has 0 spiro atoms. The number of hydrogen-bond acceptors (Lipinski definition) is 3. The molecule has 0 radical (unpaired) electrons. The summed E-state index contributed by atoms with van der Waals surface area (Å²) in [5, 5.41) is 0.262. The van der Waals surface area contributed by atoms with E-state index in [2.05, 4.69) is 65.9 Å². The quantitative estimate of drug-likeness (QED) is 0.390. The van der Waals surface area contributed by atoms with Crippen LogP contribution in [0.3, 0.4) is 0 Å². The zero-order chi connectivity index (χ0) is 21.7. The van der Waals surface area contributed by atoms with E-state index in [0.717, 1.165) is 5.75 Å². The molecule has 166 valence electrons. The van der Waals surface area contributed by atoms with Crippen LogP contribution in [0.1, 0.15) is 83.5 Å². The van der Waals surface area contributed by atoms with Crippen molar-refractivity contribution in [3.05, 3.63) is 29.3 Å². The topological polar surface area (TPSA) is 31.0 Å². The first-order valence-corrected chi connectivity index (χ1v) is 14.9. The van der Waals surface area contributed by atoms with E-state index in [9.17, 15) is 0 Å². The van der Waals surface area contributed by atoms with E-state index in [-0.39, 0.29) is 22.2 Å². The minimum Gasteiger partial charge on any atom is -0.497 e. The van der Waals surface area contributed by atoms with Crippen LogP contribution in [0.5, 0.6) is 5.75 Å². The molecule has 1 saturated heterocycles. The van der Waals surface area contributed by atoms with E-state index in [0.29, 0.717) is 23.9 Å². The first kappa shape index (κ1) is 21.0. The van der Waals surface area contributed by atoms with Crippen LogP contribution in [0.15, 0.2) is 18.2 Å². The molecule has 7 atom stereocenters.